The number of hydrogen-bond donors (Lipinski definition) is 0. The third-order valence-corrected chi connectivity index (χ3v) is 7.60. The van der Waals surface area contributed by atoms with Gasteiger partial charge >= 0.3 is 0 Å². The molecule has 0 atom stereocenters. The van der Waals surface area contributed by atoms with Crippen LogP contribution >= 0.6 is 0 Å². The number of allylic oxidation sites excluding steroid dienone is 4. The number of nitrogens with zero attached hydrogens (tertiary/aromatic N) is 3. The summed E-state index contributed by atoms with van der Waals surface area (Å²) in [6.45, 7) is 10.5. The van der Waals surface area contributed by atoms with E-state index in [1.54, 1.807) is 0 Å². The number of anilines is 1. The smallest absolute Gasteiger partial charge is 0.252 e. The van der Waals surface area contributed by atoms with Crippen LogP contribution in [0.2, 0.25) is 0 Å². The van der Waals surface area contributed by atoms with Crippen LogP contribution in [0.4, 0.5) is 14.5 Å². The highest BCUT2D eigenvalue weighted by Gasteiger charge is 2.41. The second-order valence-electron chi connectivity index (χ2n) is 9.14. The molecule has 0 amide bonds. The number of fused-ring (bicyclic) bond motifs is 7. The predicted octanol–water partition coefficient (Wildman–Crippen LogP) is 5.24. The topological polar surface area (TPSA) is 12.6 Å². The number of hydrogen-bond acceptors (Lipinski definition) is 1. The molecule has 2 aromatic heterocycles. The van der Waals surface area contributed by atoms with E-state index in [0.29, 0.717) is 10.9 Å². The minimum atomic E-state index is -0.845. The van der Waals surface area contributed by atoms with Gasteiger partial charge in [0.1, 0.15) is 5.65 Å². The van der Waals surface area contributed by atoms with Crippen LogP contribution in [0.25, 0.3) is 33.3 Å². The Morgan fingerprint density at radius 3 is 2.50 bits per heavy atom. The second kappa shape index (κ2) is 6.29. The van der Waals surface area contributed by atoms with E-state index in [9.17, 15) is 8.78 Å². The maximum Gasteiger partial charge on any atom is 0.252 e. The van der Waals surface area contributed by atoms with Gasteiger partial charge in [0.15, 0.2) is 11.6 Å². The van der Waals surface area contributed by atoms with E-state index in [0.717, 1.165) is 44.8 Å². The van der Waals surface area contributed by atoms with Gasteiger partial charge in [0.2, 0.25) is 0 Å². The lowest BCUT2D eigenvalue weighted by atomic mass is 9.32. The predicted molar refractivity (Wildman–Crippen MR) is 137 cm³/mol. The van der Waals surface area contributed by atoms with E-state index in [1.165, 1.54) is 23.1 Å². The summed E-state index contributed by atoms with van der Waals surface area (Å²) in [5, 5.41) is 0.672. The molecule has 34 heavy (non-hydrogen) atoms. The third kappa shape index (κ3) is 2.11. The summed E-state index contributed by atoms with van der Waals surface area (Å²) in [6.07, 6.45) is 1.82. The number of halogens is 2. The zero-order valence-electron chi connectivity index (χ0n) is 18.9. The number of para-hydroxylation sites is 1. The molecule has 2 aliphatic heterocycles. The number of rotatable bonds is 2. The first kappa shape index (κ1) is 19.4. The van der Waals surface area contributed by atoms with Gasteiger partial charge < -0.3 is 4.90 Å². The van der Waals surface area contributed by atoms with Crippen LogP contribution in [-0.2, 0) is 0 Å². The molecule has 6 heteroatoms. The molecule has 0 saturated carbocycles. The Labute approximate surface area is 195 Å². The largest absolute Gasteiger partial charge is 0.349 e. The Hall–Kier alpha value is -4.06. The van der Waals surface area contributed by atoms with Crippen LogP contribution in [-0.4, -0.2) is 22.7 Å². The molecular weight excluding hydrogens is 427 g/mol. The van der Waals surface area contributed by atoms with Gasteiger partial charge in [-0.1, -0.05) is 37.4 Å². The summed E-state index contributed by atoms with van der Waals surface area (Å²) in [6, 6.07) is 17.1. The van der Waals surface area contributed by atoms with Crippen molar-refractivity contribution < 1.29 is 8.78 Å². The molecule has 2 aliphatic rings. The molecule has 0 aliphatic carbocycles. The number of imidazole rings is 1. The standard InChI is InChI=1S/C28H20BF2N3/c1-5-15(2)26-16(3)32(4)21-9-7-10-22-27(21)29(26)18-8-6-11-23-28(18)34(22)25-13-17-12-19(30)20(31)14-24(17)33(23)25/h5-14H,1-2H2,3-4H3. The maximum atomic E-state index is 14.3. The third-order valence-electron chi connectivity index (χ3n) is 7.60. The molecule has 0 N–H and O–H groups in total. The van der Waals surface area contributed by atoms with Crippen LogP contribution < -0.4 is 15.8 Å². The Kier molecular flexibility index (Phi) is 3.59. The summed E-state index contributed by atoms with van der Waals surface area (Å²) in [5.41, 5.74) is 11.4. The monoisotopic (exact) mass is 447 g/mol. The van der Waals surface area contributed by atoms with Crippen LogP contribution in [0.3, 0.4) is 0 Å². The van der Waals surface area contributed by atoms with Gasteiger partial charge in [-0.2, -0.15) is 0 Å². The summed E-state index contributed by atoms with van der Waals surface area (Å²) in [4.78, 5) is 2.21. The second-order valence-corrected chi connectivity index (χ2v) is 9.14. The zero-order chi connectivity index (χ0) is 23.5. The fourth-order valence-electron chi connectivity index (χ4n) is 6.05. The van der Waals surface area contributed by atoms with Crippen molar-refractivity contribution in [1.29, 1.82) is 0 Å². The molecule has 4 heterocycles. The lowest BCUT2D eigenvalue weighted by Gasteiger charge is -2.39. The fourth-order valence-corrected chi connectivity index (χ4v) is 6.05. The van der Waals surface area contributed by atoms with Gasteiger partial charge in [-0.25, -0.2) is 8.78 Å². The Morgan fingerprint density at radius 2 is 1.71 bits per heavy atom. The number of aromatic nitrogens is 2. The van der Waals surface area contributed by atoms with Crippen LogP contribution in [0, 0.1) is 11.6 Å². The Balaban J connectivity index is 1.72. The average Bonchev–Trinajstić information content (AvgIpc) is 3.35. The number of benzene rings is 3. The van der Waals surface area contributed by atoms with Crippen molar-refractivity contribution in [3.05, 3.63) is 102 Å². The van der Waals surface area contributed by atoms with Gasteiger partial charge in [0.05, 0.1) is 16.6 Å². The summed E-state index contributed by atoms with van der Waals surface area (Å²) in [7, 11) is 2.08. The van der Waals surface area contributed by atoms with E-state index in [4.69, 9.17) is 0 Å². The van der Waals surface area contributed by atoms with Crippen LogP contribution in [0.15, 0.2) is 90.6 Å². The Morgan fingerprint density at radius 1 is 0.971 bits per heavy atom. The molecule has 0 radical (unpaired) electrons. The normalized spacial score (nSPS) is 14.5. The summed E-state index contributed by atoms with van der Waals surface area (Å²) >= 11 is 0. The maximum absolute atomic E-state index is 14.3. The first-order valence-corrected chi connectivity index (χ1v) is 11.3. The van der Waals surface area contributed by atoms with E-state index >= 15 is 0 Å². The van der Waals surface area contributed by atoms with Crippen LogP contribution in [0.1, 0.15) is 6.92 Å². The summed E-state index contributed by atoms with van der Waals surface area (Å²) < 4.78 is 32.6. The molecule has 164 valence electrons. The molecule has 0 fully saturated rings. The van der Waals surface area contributed by atoms with Gasteiger partial charge in [-0.3, -0.25) is 8.97 Å². The zero-order valence-corrected chi connectivity index (χ0v) is 18.9. The first-order chi connectivity index (χ1) is 16.4. The van der Waals surface area contributed by atoms with Crippen molar-refractivity contribution >= 4 is 50.9 Å². The van der Waals surface area contributed by atoms with Crippen molar-refractivity contribution in [1.82, 2.24) is 8.97 Å². The average molecular weight is 447 g/mol. The molecule has 3 nitrogen and oxygen atoms in total. The molecule has 0 spiro atoms. The quantitative estimate of drug-likeness (QED) is 0.266. The lowest BCUT2D eigenvalue weighted by Crippen LogP contribution is -2.54. The highest BCUT2D eigenvalue weighted by molar-refractivity contribution is 6.95. The van der Waals surface area contributed by atoms with Crippen molar-refractivity contribution in [3.8, 4) is 5.69 Å². The van der Waals surface area contributed by atoms with Gasteiger partial charge in [-0.05, 0) is 59.2 Å². The van der Waals surface area contributed by atoms with Crippen molar-refractivity contribution in [2.24, 2.45) is 0 Å². The highest BCUT2D eigenvalue weighted by atomic mass is 19.2. The SMILES string of the molecule is C=CC(=C)C1=C(C)N(C)c2cccc3c2B1c1cccc2c1n-3c1cc3cc(F)c(F)cc3n21. The van der Waals surface area contributed by atoms with Crippen molar-refractivity contribution in [3.63, 3.8) is 0 Å². The molecule has 7 rings (SSSR count). The van der Waals surface area contributed by atoms with Gasteiger partial charge in [0, 0.05) is 35.6 Å². The molecular formula is C28H20BF2N3. The fraction of sp³-hybridized carbons (Fsp3) is 0.0714. The molecule has 3 aromatic carbocycles. The van der Waals surface area contributed by atoms with E-state index in [2.05, 4.69) is 60.9 Å². The highest BCUT2D eigenvalue weighted by Crippen LogP contribution is 2.38. The van der Waals surface area contributed by atoms with Crippen molar-refractivity contribution in [2.75, 3.05) is 11.9 Å². The molecule has 0 saturated heterocycles. The van der Waals surface area contributed by atoms with Gasteiger partial charge in [0.25, 0.3) is 6.71 Å². The Bertz CT molecular complexity index is 1800. The van der Waals surface area contributed by atoms with E-state index in [-0.39, 0.29) is 6.71 Å². The molecule has 0 unspecified atom stereocenters. The summed E-state index contributed by atoms with van der Waals surface area (Å²) in [5.74, 6) is -1.68. The first-order valence-electron chi connectivity index (χ1n) is 11.3. The lowest BCUT2D eigenvalue weighted by molar-refractivity contribution is 0.511. The van der Waals surface area contributed by atoms with Gasteiger partial charge in [-0.15, -0.1) is 0 Å². The molecule has 0 bridgehead atoms. The minimum absolute atomic E-state index is 0.00384. The minimum Gasteiger partial charge on any atom is -0.349 e. The van der Waals surface area contributed by atoms with E-state index in [1.807, 2.05) is 28.7 Å². The van der Waals surface area contributed by atoms with Crippen molar-refractivity contribution in [2.45, 2.75) is 6.92 Å². The molecule has 5 aromatic rings. The van der Waals surface area contributed by atoms with E-state index < -0.39 is 11.6 Å². The van der Waals surface area contributed by atoms with Crippen LogP contribution in [0.5, 0.6) is 0 Å².